The van der Waals surface area contributed by atoms with Crippen molar-refractivity contribution in [2.24, 2.45) is 11.5 Å². The third-order valence-electron chi connectivity index (χ3n) is 4.32. The van der Waals surface area contributed by atoms with E-state index in [2.05, 4.69) is 23.4 Å². The number of hydrogen-bond acceptors (Lipinski definition) is 4. The van der Waals surface area contributed by atoms with E-state index in [4.69, 9.17) is 11.5 Å². The zero-order chi connectivity index (χ0) is 14.1. The predicted octanol–water partition coefficient (Wildman–Crippen LogP) is 0.805. The van der Waals surface area contributed by atoms with Crippen LogP contribution in [0.5, 0.6) is 0 Å². The van der Waals surface area contributed by atoms with Gasteiger partial charge in [0.15, 0.2) is 0 Å². The summed E-state index contributed by atoms with van der Waals surface area (Å²) < 4.78 is 0. The Balaban J connectivity index is 3.08. The summed E-state index contributed by atoms with van der Waals surface area (Å²) in [7, 11) is 0. The molecule has 3 unspecified atom stereocenters. The van der Waals surface area contributed by atoms with Gasteiger partial charge in [-0.25, -0.2) is 0 Å². The number of nitrogens with two attached hydrogens (primary N) is 2. The van der Waals surface area contributed by atoms with Gasteiger partial charge in [0.2, 0.25) is 0 Å². The predicted molar refractivity (Wildman–Crippen MR) is 78.2 cm³/mol. The maximum Gasteiger partial charge on any atom is 0.0878 e. The number of piperazine rings is 1. The number of hydrogen-bond donors (Lipinski definition) is 3. The van der Waals surface area contributed by atoms with Crippen LogP contribution in [-0.2, 0) is 0 Å². The first-order valence-electron chi connectivity index (χ1n) is 6.49. The first-order valence-corrected chi connectivity index (χ1v) is 6.49. The maximum atomic E-state index is 6.46. The minimum atomic E-state index is -0.539. The van der Waals surface area contributed by atoms with Crippen LogP contribution < -0.4 is 16.8 Å². The van der Waals surface area contributed by atoms with Crippen LogP contribution in [0, 0.1) is 0 Å². The Bertz CT molecular complexity index is 310. The van der Waals surface area contributed by atoms with E-state index in [-0.39, 0.29) is 6.04 Å². The second-order valence-corrected chi connectivity index (χ2v) is 5.90. The van der Waals surface area contributed by atoms with E-state index in [9.17, 15) is 0 Å². The molecule has 18 heavy (non-hydrogen) atoms. The lowest BCUT2D eigenvalue weighted by molar-refractivity contribution is 0.0354. The molecule has 0 spiro atoms. The molecule has 1 aliphatic rings. The molecular weight excluding hydrogens is 224 g/mol. The fourth-order valence-corrected chi connectivity index (χ4v) is 2.33. The second-order valence-electron chi connectivity index (χ2n) is 5.90. The minimum Gasteiger partial charge on any atom is -0.321 e. The SMILES string of the molecule is C=C(C)C(C)(N)C1CNCCN1C(C)(N)C(=C)C. The summed E-state index contributed by atoms with van der Waals surface area (Å²) in [5.74, 6) is 0. The fourth-order valence-electron chi connectivity index (χ4n) is 2.33. The summed E-state index contributed by atoms with van der Waals surface area (Å²) in [6, 6.07) is 0.121. The molecule has 0 radical (unpaired) electrons. The Hall–Kier alpha value is -0.680. The summed E-state index contributed by atoms with van der Waals surface area (Å²) in [4.78, 5) is 2.25. The molecule has 0 aliphatic carbocycles. The van der Waals surface area contributed by atoms with Crippen LogP contribution in [0.25, 0.3) is 0 Å². The van der Waals surface area contributed by atoms with Crippen molar-refractivity contribution in [3.63, 3.8) is 0 Å². The van der Waals surface area contributed by atoms with Crippen LogP contribution >= 0.6 is 0 Å². The molecule has 5 N–H and O–H groups in total. The average Bonchev–Trinajstić information content (AvgIpc) is 2.28. The van der Waals surface area contributed by atoms with Crippen LogP contribution in [0.2, 0.25) is 0 Å². The van der Waals surface area contributed by atoms with Gasteiger partial charge in [0.1, 0.15) is 0 Å². The van der Waals surface area contributed by atoms with Crippen molar-refractivity contribution < 1.29 is 0 Å². The summed E-state index contributed by atoms with van der Waals surface area (Å²) >= 11 is 0. The van der Waals surface area contributed by atoms with Crippen molar-refractivity contribution in [1.29, 1.82) is 0 Å². The van der Waals surface area contributed by atoms with Crippen molar-refractivity contribution in [3.05, 3.63) is 24.3 Å². The van der Waals surface area contributed by atoms with Crippen molar-refractivity contribution in [2.75, 3.05) is 19.6 Å². The van der Waals surface area contributed by atoms with E-state index in [0.29, 0.717) is 0 Å². The quantitative estimate of drug-likeness (QED) is 0.648. The minimum absolute atomic E-state index is 0.121. The fraction of sp³-hybridized carbons (Fsp3) is 0.714. The molecule has 0 bridgehead atoms. The number of nitrogens with zero attached hydrogens (tertiary/aromatic N) is 1. The zero-order valence-electron chi connectivity index (χ0n) is 12.2. The van der Waals surface area contributed by atoms with Gasteiger partial charge >= 0.3 is 0 Å². The van der Waals surface area contributed by atoms with Gasteiger partial charge in [0.05, 0.1) is 11.2 Å². The largest absolute Gasteiger partial charge is 0.321 e. The smallest absolute Gasteiger partial charge is 0.0878 e. The van der Waals surface area contributed by atoms with Gasteiger partial charge in [-0.2, -0.15) is 0 Å². The van der Waals surface area contributed by atoms with Crippen molar-refractivity contribution in [3.8, 4) is 0 Å². The molecule has 1 rings (SSSR count). The molecule has 4 nitrogen and oxygen atoms in total. The normalized spacial score (nSPS) is 28.2. The van der Waals surface area contributed by atoms with Crippen LogP contribution in [-0.4, -0.2) is 41.8 Å². The Kier molecular flexibility index (Phi) is 4.38. The van der Waals surface area contributed by atoms with E-state index in [1.807, 2.05) is 27.7 Å². The summed E-state index contributed by atoms with van der Waals surface area (Å²) in [5, 5.41) is 3.39. The van der Waals surface area contributed by atoms with Crippen molar-refractivity contribution in [1.82, 2.24) is 10.2 Å². The Morgan fingerprint density at radius 2 is 1.78 bits per heavy atom. The maximum absolute atomic E-state index is 6.46. The van der Waals surface area contributed by atoms with Gasteiger partial charge < -0.3 is 16.8 Å². The van der Waals surface area contributed by atoms with Crippen LogP contribution in [0.4, 0.5) is 0 Å². The van der Waals surface area contributed by atoms with E-state index >= 15 is 0 Å². The zero-order valence-corrected chi connectivity index (χ0v) is 12.2. The highest BCUT2D eigenvalue weighted by atomic mass is 15.3. The van der Waals surface area contributed by atoms with E-state index in [1.165, 1.54) is 0 Å². The molecule has 3 atom stereocenters. The highest BCUT2D eigenvalue weighted by Gasteiger charge is 2.43. The van der Waals surface area contributed by atoms with E-state index in [0.717, 1.165) is 30.8 Å². The summed E-state index contributed by atoms with van der Waals surface area (Å²) in [6.45, 7) is 18.6. The molecule has 1 fully saturated rings. The molecule has 104 valence electrons. The van der Waals surface area contributed by atoms with Gasteiger partial charge in [0.25, 0.3) is 0 Å². The molecule has 1 saturated heterocycles. The van der Waals surface area contributed by atoms with Crippen LogP contribution in [0.15, 0.2) is 24.3 Å². The monoisotopic (exact) mass is 252 g/mol. The van der Waals surface area contributed by atoms with Gasteiger partial charge in [-0.3, -0.25) is 4.90 Å². The first kappa shape index (κ1) is 15.4. The topological polar surface area (TPSA) is 67.3 Å². The molecule has 0 aromatic carbocycles. The summed E-state index contributed by atoms with van der Waals surface area (Å²) in [5.41, 5.74) is 13.8. The Morgan fingerprint density at radius 3 is 2.22 bits per heavy atom. The highest BCUT2D eigenvalue weighted by Crippen LogP contribution is 2.28. The second kappa shape index (κ2) is 5.13. The third kappa shape index (κ3) is 2.67. The lowest BCUT2D eigenvalue weighted by Gasteiger charge is -2.52. The molecule has 1 heterocycles. The van der Waals surface area contributed by atoms with Gasteiger partial charge in [-0.15, -0.1) is 0 Å². The first-order chi connectivity index (χ1) is 8.11. The molecular formula is C14H28N4. The molecule has 0 saturated carbocycles. The molecule has 0 aromatic rings. The molecule has 0 amide bonds. The molecule has 4 heteroatoms. The van der Waals surface area contributed by atoms with Crippen LogP contribution in [0.3, 0.4) is 0 Å². The molecule has 0 aromatic heterocycles. The number of rotatable bonds is 4. The molecule has 1 aliphatic heterocycles. The van der Waals surface area contributed by atoms with Crippen molar-refractivity contribution in [2.45, 2.75) is 44.9 Å². The highest BCUT2D eigenvalue weighted by molar-refractivity contribution is 5.21. The van der Waals surface area contributed by atoms with Gasteiger partial charge in [0, 0.05) is 25.7 Å². The van der Waals surface area contributed by atoms with Gasteiger partial charge in [-0.05, 0) is 33.3 Å². The van der Waals surface area contributed by atoms with E-state index < -0.39 is 11.2 Å². The Morgan fingerprint density at radius 1 is 1.22 bits per heavy atom. The number of nitrogens with one attached hydrogen (secondary N) is 1. The summed E-state index contributed by atoms with van der Waals surface area (Å²) in [6.07, 6.45) is 0. The average molecular weight is 252 g/mol. The lowest BCUT2D eigenvalue weighted by Crippen LogP contribution is -2.72. The lowest BCUT2D eigenvalue weighted by atomic mass is 9.82. The third-order valence-corrected chi connectivity index (χ3v) is 4.32. The standard InChI is InChI=1S/C14H28N4/c1-10(2)13(5,15)12-9-17-7-8-18(12)14(6,16)11(3)4/h12,17H,1,3,7-9,15-16H2,2,4-6H3. The Labute approximate surface area is 111 Å². The van der Waals surface area contributed by atoms with Gasteiger partial charge in [-0.1, -0.05) is 18.7 Å². The van der Waals surface area contributed by atoms with Crippen LogP contribution in [0.1, 0.15) is 27.7 Å². The van der Waals surface area contributed by atoms with E-state index in [1.54, 1.807) is 0 Å². The van der Waals surface area contributed by atoms with Crippen molar-refractivity contribution >= 4 is 0 Å².